The summed E-state index contributed by atoms with van der Waals surface area (Å²) in [6.07, 6.45) is 0. The Hall–Kier alpha value is -2.36. The van der Waals surface area contributed by atoms with Crippen LogP contribution in [0.5, 0.6) is 5.75 Å². The van der Waals surface area contributed by atoms with Crippen LogP contribution in [0.3, 0.4) is 0 Å². The van der Waals surface area contributed by atoms with Crippen molar-refractivity contribution in [1.82, 2.24) is 0 Å². The molecule has 0 bridgehead atoms. The summed E-state index contributed by atoms with van der Waals surface area (Å²) in [6, 6.07) is 24.0. The predicted molar refractivity (Wildman–Crippen MR) is 106 cm³/mol. The van der Waals surface area contributed by atoms with Gasteiger partial charge in [0, 0.05) is 11.1 Å². The van der Waals surface area contributed by atoms with Gasteiger partial charge in [-0.1, -0.05) is 48.5 Å². The van der Waals surface area contributed by atoms with E-state index in [0.29, 0.717) is 0 Å². The molecule has 134 valence electrons. The highest BCUT2D eigenvalue weighted by atomic mass is 16.5. The lowest BCUT2D eigenvalue weighted by atomic mass is 10.1. The van der Waals surface area contributed by atoms with Crippen molar-refractivity contribution in [2.75, 3.05) is 33.3 Å². The molecule has 0 amide bonds. The number of hydrogen-bond donors (Lipinski definition) is 2. The molecule has 0 unspecified atom stereocenters. The van der Waals surface area contributed by atoms with Crippen molar-refractivity contribution in [3.63, 3.8) is 0 Å². The average Bonchev–Trinajstić information content (AvgIpc) is 2.69. The summed E-state index contributed by atoms with van der Waals surface area (Å²) in [5, 5.41) is 2.69. The van der Waals surface area contributed by atoms with Gasteiger partial charge in [0.25, 0.3) is 0 Å². The third-order valence-corrected chi connectivity index (χ3v) is 5.52. The first-order chi connectivity index (χ1) is 12.8. The van der Waals surface area contributed by atoms with Crippen LogP contribution in [0, 0.1) is 0 Å². The summed E-state index contributed by atoms with van der Waals surface area (Å²) in [6.45, 7) is 7.19. The van der Waals surface area contributed by atoms with Crippen LogP contribution in [-0.4, -0.2) is 33.3 Å². The van der Waals surface area contributed by atoms with Gasteiger partial charge >= 0.3 is 0 Å². The third-order valence-electron chi connectivity index (χ3n) is 5.52. The number of benzene rings is 3. The molecule has 3 nitrogen and oxygen atoms in total. The number of quaternary nitrogens is 2. The molecular weight excluding hydrogens is 320 g/mol. The summed E-state index contributed by atoms with van der Waals surface area (Å²) < 4.78 is 5.34. The van der Waals surface area contributed by atoms with Crippen molar-refractivity contribution in [3.05, 3.63) is 77.9 Å². The largest absolute Gasteiger partial charge is 0.497 e. The maximum atomic E-state index is 5.34. The first kappa shape index (κ1) is 17.1. The molecule has 0 saturated carbocycles. The summed E-state index contributed by atoms with van der Waals surface area (Å²) >= 11 is 0. The van der Waals surface area contributed by atoms with Gasteiger partial charge in [-0.3, -0.25) is 0 Å². The van der Waals surface area contributed by atoms with Gasteiger partial charge in [-0.15, -0.1) is 0 Å². The maximum absolute atomic E-state index is 5.34. The van der Waals surface area contributed by atoms with E-state index in [0.717, 1.165) is 18.8 Å². The summed E-state index contributed by atoms with van der Waals surface area (Å²) in [7, 11) is 1.74. The lowest BCUT2D eigenvalue weighted by Gasteiger charge is -2.30. The number of rotatable bonds is 5. The Kier molecular flexibility index (Phi) is 5.19. The van der Waals surface area contributed by atoms with E-state index < -0.39 is 0 Å². The highest BCUT2D eigenvalue weighted by molar-refractivity contribution is 5.82. The average molecular weight is 348 g/mol. The molecule has 1 heterocycles. The topological polar surface area (TPSA) is 18.1 Å². The smallest absolute Gasteiger partial charge is 0.127 e. The van der Waals surface area contributed by atoms with Crippen molar-refractivity contribution in [2.24, 2.45) is 0 Å². The number of nitrogens with one attached hydrogen (secondary N) is 2. The van der Waals surface area contributed by atoms with E-state index >= 15 is 0 Å². The summed E-state index contributed by atoms with van der Waals surface area (Å²) in [4.78, 5) is 3.38. The fraction of sp³-hybridized carbons (Fsp3) is 0.304. The van der Waals surface area contributed by atoms with Crippen molar-refractivity contribution in [3.8, 4) is 5.75 Å². The van der Waals surface area contributed by atoms with Gasteiger partial charge in [0.15, 0.2) is 0 Å². The van der Waals surface area contributed by atoms with Crippen molar-refractivity contribution >= 4 is 10.8 Å². The molecule has 1 aliphatic rings. The SMILES string of the molecule is COc1cccc(C[NH+]2CC[NH+](Cc3ccc4ccccc4c3)CC2)c1. The standard InChI is InChI=1S/C23H26N2O/c1-26-23-8-4-5-19(16-23)17-24-11-13-25(14-12-24)18-20-9-10-21-6-2-3-7-22(21)15-20/h2-10,15-16H,11-14,17-18H2,1H3/p+2. The molecule has 3 aromatic carbocycles. The molecule has 0 aromatic heterocycles. The highest BCUT2D eigenvalue weighted by Crippen LogP contribution is 2.15. The molecule has 0 atom stereocenters. The quantitative estimate of drug-likeness (QED) is 0.712. The minimum atomic E-state index is 0.961. The zero-order valence-electron chi connectivity index (χ0n) is 15.5. The van der Waals surface area contributed by atoms with E-state index in [9.17, 15) is 0 Å². The van der Waals surface area contributed by atoms with Gasteiger partial charge in [-0.25, -0.2) is 0 Å². The molecule has 1 saturated heterocycles. The Morgan fingerprint density at radius 3 is 2.04 bits per heavy atom. The van der Waals surface area contributed by atoms with E-state index in [4.69, 9.17) is 4.74 Å². The highest BCUT2D eigenvalue weighted by Gasteiger charge is 2.23. The Bertz CT molecular complexity index is 869. The van der Waals surface area contributed by atoms with Crippen LogP contribution in [0.15, 0.2) is 66.7 Å². The molecule has 0 spiro atoms. The molecule has 26 heavy (non-hydrogen) atoms. The van der Waals surface area contributed by atoms with E-state index in [2.05, 4.69) is 60.7 Å². The second-order valence-electron chi connectivity index (χ2n) is 7.39. The number of fused-ring (bicyclic) bond motifs is 1. The van der Waals surface area contributed by atoms with Gasteiger partial charge in [-0.2, -0.15) is 0 Å². The Morgan fingerprint density at radius 2 is 1.35 bits per heavy atom. The van der Waals surface area contributed by atoms with Gasteiger partial charge < -0.3 is 14.5 Å². The monoisotopic (exact) mass is 348 g/mol. The lowest BCUT2D eigenvalue weighted by Crippen LogP contribution is -3.27. The first-order valence-corrected chi connectivity index (χ1v) is 9.58. The number of piperazine rings is 1. The van der Waals surface area contributed by atoms with E-state index in [1.165, 1.54) is 48.1 Å². The fourth-order valence-corrected chi connectivity index (χ4v) is 4.02. The Morgan fingerprint density at radius 1 is 0.692 bits per heavy atom. The van der Waals surface area contributed by atoms with Crippen molar-refractivity contribution < 1.29 is 14.5 Å². The second kappa shape index (κ2) is 7.90. The fourth-order valence-electron chi connectivity index (χ4n) is 4.02. The zero-order chi connectivity index (χ0) is 17.8. The van der Waals surface area contributed by atoms with Gasteiger partial charge in [-0.05, 0) is 29.0 Å². The molecule has 4 rings (SSSR count). The first-order valence-electron chi connectivity index (χ1n) is 9.58. The van der Waals surface area contributed by atoms with Gasteiger partial charge in [0.1, 0.15) is 45.0 Å². The number of methoxy groups -OCH3 is 1. The number of ether oxygens (including phenoxy) is 1. The van der Waals surface area contributed by atoms with Crippen molar-refractivity contribution in [2.45, 2.75) is 13.1 Å². The number of hydrogen-bond acceptors (Lipinski definition) is 1. The van der Waals surface area contributed by atoms with Crippen LogP contribution in [0.2, 0.25) is 0 Å². The van der Waals surface area contributed by atoms with Gasteiger partial charge in [0.2, 0.25) is 0 Å². The van der Waals surface area contributed by atoms with Crippen LogP contribution in [0.4, 0.5) is 0 Å². The van der Waals surface area contributed by atoms with E-state index in [1.54, 1.807) is 16.9 Å². The Labute approximate surface area is 155 Å². The van der Waals surface area contributed by atoms with E-state index in [1.807, 2.05) is 6.07 Å². The lowest BCUT2D eigenvalue weighted by molar-refractivity contribution is -1.02. The normalized spacial score (nSPS) is 20.2. The minimum absolute atomic E-state index is 0.961. The summed E-state index contributed by atoms with van der Waals surface area (Å²) in [5.41, 5.74) is 2.83. The molecule has 1 aliphatic heterocycles. The molecule has 2 N–H and O–H groups in total. The second-order valence-corrected chi connectivity index (χ2v) is 7.39. The zero-order valence-corrected chi connectivity index (χ0v) is 15.5. The third kappa shape index (κ3) is 4.06. The maximum Gasteiger partial charge on any atom is 0.127 e. The molecule has 1 fully saturated rings. The summed E-state index contributed by atoms with van der Waals surface area (Å²) in [5.74, 6) is 0.961. The molecule has 0 aliphatic carbocycles. The Balaban J connectivity index is 1.32. The molecular formula is C23H28N2O+2. The van der Waals surface area contributed by atoms with Crippen molar-refractivity contribution in [1.29, 1.82) is 0 Å². The molecule has 3 aromatic rings. The molecule has 0 radical (unpaired) electrons. The van der Waals surface area contributed by atoms with E-state index in [-0.39, 0.29) is 0 Å². The molecule has 3 heteroatoms. The van der Waals surface area contributed by atoms with Crippen LogP contribution in [0.1, 0.15) is 11.1 Å². The minimum Gasteiger partial charge on any atom is -0.497 e. The van der Waals surface area contributed by atoms with Crippen LogP contribution >= 0.6 is 0 Å². The van der Waals surface area contributed by atoms with Gasteiger partial charge in [0.05, 0.1) is 7.11 Å². The van der Waals surface area contributed by atoms with Crippen LogP contribution < -0.4 is 14.5 Å². The van der Waals surface area contributed by atoms with Crippen LogP contribution in [0.25, 0.3) is 10.8 Å². The van der Waals surface area contributed by atoms with Crippen LogP contribution in [-0.2, 0) is 13.1 Å². The predicted octanol–water partition coefficient (Wildman–Crippen LogP) is 1.33.